The van der Waals surface area contributed by atoms with Crippen molar-refractivity contribution in [3.05, 3.63) is 22.2 Å². The summed E-state index contributed by atoms with van der Waals surface area (Å²) in [5.41, 5.74) is 3.11. The van der Waals surface area contributed by atoms with E-state index < -0.39 is 0 Å². The zero-order valence-corrected chi connectivity index (χ0v) is 8.22. The standard InChI is InChI=1S/C8H8BrN3/c1-2-5-3-6(9)4-7-8(5)11-12-10-7/h3-4H,2H2,1H3,(H,10,11,12). The molecule has 2 aromatic rings. The van der Waals surface area contributed by atoms with Gasteiger partial charge in [-0.15, -0.1) is 0 Å². The smallest absolute Gasteiger partial charge is 0.116 e. The van der Waals surface area contributed by atoms with Gasteiger partial charge in [0.05, 0.1) is 0 Å². The summed E-state index contributed by atoms with van der Waals surface area (Å²) in [5.74, 6) is 0. The lowest BCUT2D eigenvalue weighted by molar-refractivity contribution is 0.956. The van der Waals surface area contributed by atoms with Gasteiger partial charge in [0.25, 0.3) is 0 Å². The molecular formula is C8H8BrN3. The average Bonchev–Trinajstić information content (AvgIpc) is 2.50. The number of rotatable bonds is 1. The summed E-state index contributed by atoms with van der Waals surface area (Å²) in [5, 5.41) is 10.7. The van der Waals surface area contributed by atoms with Crippen LogP contribution < -0.4 is 0 Å². The molecule has 0 aliphatic heterocycles. The van der Waals surface area contributed by atoms with Crippen LogP contribution in [0.25, 0.3) is 11.0 Å². The van der Waals surface area contributed by atoms with Gasteiger partial charge >= 0.3 is 0 Å². The van der Waals surface area contributed by atoms with Gasteiger partial charge in [0.15, 0.2) is 0 Å². The van der Waals surface area contributed by atoms with Crippen LogP contribution in [0.15, 0.2) is 16.6 Å². The summed E-state index contributed by atoms with van der Waals surface area (Å²) in [7, 11) is 0. The number of aromatic nitrogens is 3. The maximum atomic E-state index is 4.07. The van der Waals surface area contributed by atoms with Crippen molar-refractivity contribution in [1.29, 1.82) is 0 Å². The van der Waals surface area contributed by atoms with Crippen molar-refractivity contribution in [2.45, 2.75) is 13.3 Å². The molecule has 0 aliphatic rings. The Labute approximate surface area is 78.3 Å². The van der Waals surface area contributed by atoms with Crippen molar-refractivity contribution >= 4 is 27.0 Å². The Morgan fingerprint density at radius 1 is 1.42 bits per heavy atom. The molecule has 0 bridgehead atoms. The normalized spacial score (nSPS) is 10.8. The number of benzene rings is 1. The summed E-state index contributed by atoms with van der Waals surface area (Å²) < 4.78 is 1.06. The fourth-order valence-corrected chi connectivity index (χ4v) is 1.75. The lowest BCUT2D eigenvalue weighted by Gasteiger charge is -1.97. The number of aryl methyl sites for hydroxylation is 1. The van der Waals surface area contributed by atoms with Crippen molar-refractivity contribution < 1.29 is 0 Å². The minimum atomic E-state index is 0.918. The highest BCUT2D eigenvalue weighted by molar-refractivity contribution is 9.10. The van der Waals surface area contributed by atoms with E-state index in [2.05, 4.69) is 44.3 Å². The van der Waals surface area contributed by atoms with Crippen LogP contribution in [0.3, 0.4) is 0 Å². The molecule has 0 saturated heterocycles. The predicted molar refractivity (Wildman–Crippen MR) is 51.0 cm³/mol. The highest BCUT2D eigenvalue weighted by Gasteiger charge is 2.04. The maximum Gasteiger partial charge on any atom is 0.116 e. The molecular weight excluding hydrogens is 218 g/mol. The second-order valence-electron chi connectivity index (χ2n) is 2.61. The van der Waals surface area contributed by atoms with Crippen LogP contribution in [-0.2, 0) is 6.42 Å². The van der Waals surface area contributed by atoms with Crippen LogP contribution in [0.2, 0.25) is 0 Å². The number of fused-ring (bicyclic) bond motifs is 1. The molecule has 1 aromatic heterocycles. The van der Waals surface area contributed by atoms with Crippen molar-refractivity contribution in [2.24, 2.45) is 0 Å². The number of nitrogens with one attached hydrogen (secondary N) is 1. The molecule has 0 radical (unpaired) electrons. The number of nitrogens with zero attached hydrogens (tertiary/aromatic N) is 2. The van der Waals surface area contributed by atoms with Gasteiger partial charge in [-0.05, 0) is 24.1 Å². The van der Waals surface area contributed by atoms with Crippen LogP contribution >= 0.6 is 15.9 Å². The monoisotopic (exact) mass is 225 g/mol. The lowest BCUT2D eigenvalue weighted by atomic mass is 10.1. The van der Waals surface area contributed by atoms with Crippen LogP contribution in [0.4, 0.5) is 0 Å². The fourth-order valence-electron chi connectivity index (χ4n) is 1.25. The Balaban J connectivity index is 2.80. The molecule has 0 atom stereocenters. The minimum absolute atomic E-state index is 0.918. The van der Waals surface area contributed by atoms with Gasteiger partial charge in [0, 0.05) is 4.47 Å². The first-order chi connectivity index (χ1) is 5.81. The van der Waals surface area contributed by atoms with Crippen molar-refractivity contribution in [3.63, 3.8) is 0 Å². The molecule has 1 aromatic carbocycles. The van der Waals surface area contributed by atoms with Crippen LogP contribution in [0.1, 0.15) is 12.5 Å². The predicted octanol–water partition coefficient (Wildman–Crippen LogP) is 2.28. The van der Waals surface area contributed by atoms with E-state index in [9.17, 15) is 0 Å². The van der Waals surface area contributed by atoms with Gasteiger partial charge in [-0.2, -0.15) is 15.4 Å². The van der Waals surface area contributed by atoms with E-state index >= 15 is 0 Å². The number of H-pyrrole nitrogens is 1. The fraction of sp³-hybridized carbons (Fsp3) is 0.250. The summed E-state index contributed by atoms with van der Waals surface area (Å²) >= 11 is 3.43. The van der Waals surface area contributed by atoms with E-state index in [1.54, 1.807) is 0 Å². The molecule has 0 fully saturated rings. The van der Waals surface area contributed by atoms with Gasteiger partial charge in [0.2, 0.25) is 0 Å². The number of hydrogen-bond donors (Lipinski definition) is 1. The highest BCUT2D eigenvalue weighted by atomic mass is 79.9. The van der Waals surface area contributed by atoms with Crippen molar-refractivity contribution in [3.8, 4) is 0 Å². The quantitative estimate of drug-likeness (QED) is 0.810. The molecule has 12 heavy (non-hydrogen) atoms. The Bertz CT molecular complexity index is 408. The van der Waals surface area contributed by atoms with Crippen LogP contribution in [-0.4, -0.2) is 15.4 Å². The molecule has 4 heteroatoms. The molecule has 0 amide bonds. The van der Waals surface area contributed by atoms with E-state index in [0.29, 0.717) is 0 Å². The molecule has 0 saturated carbocycles. The molecule has 0 aliphatic carbocycles. The molecule has 0 unspecified atom stereocenters. The second-order valence-corrected chi connectivity index (χ2v) is 3.53. The highest BCUT2D eigenvalue weighted by Crippen LogP contribution is 2.20. The van der Waals surface area contributed by atoms with Crippen LogP contribution in [0.5, 0.6) is 0 Å². The zero-order chi connectivity index (χ0) is 8.55. The summed E-state index contributed by atoms with van der Waals surface area (Å²) in [4.78, 5) is 0. The Morgan fingerprint density at radius 2 is 2.25 bits per heavy atom. The molecule has 3 nitrogen and oxygen atoms in total. The van der Waals surface area contributed by atoms with Gasteiger partial charge in [-0.1, -0.05) is 22.9 Å². The molecule has 2 rings (SSSR count). The zero-order valence-electron chi connectivity index (χ0n) is 6.63. The van der Waals surface area contributed by atoms with Crippen molar-refractivity contribution in [1.82, 2.24) is 15.4 Å². The van der Waals surface area contributed by atoms with Gasteiger partial charge < -0.3 is 0 Å². The third kappa shape index (κ3) is 1.12. The Hall–Kier alpha value is -0.900. The minimum Gasteiger partial charge on any atom is -0.197 e. The summed E-state index contributed by atoms with van der Waals surface area (Å²) in [6.07, 6.45) is 0.975. The third-order valence-corrected chi connectivity index (χ3v) is 2.30. The van der Waals surface area contributed by atoms with Gasteiger partial charge in [-0.25, -0.2) is 0 Å². The average molecular weight is 226 g/mol. The number of halogens is 1. The van der Waals surface area contributed by atoms with E-state index in [1.165, 1.54) is 5.56 Å². The second kappa shape index (κ2) is 2.86. The Morgan fingerprint density at radius 3 is 3.00 bits per heavy atom. The SMILES string of the molecule is CCc1cc(Br)cc2n[nH]nc12. The first-order valence-corrected chi connectivity index (χ1v) is 4.59. The lowest BCUT2D eigenvalue weighted by Crippen LogP contribution is -1.83. The molecule has 0 spiro atoms. The topological polar surface area (TPSA) is 41.6 Å². The largest absolute Gasteiger partial charge is 0.197 e. The number of aromatic amines is 1. The molecule has 62 valence electrons. The van der Waals surface area contributed by atoms with Gasteiger partial charge in [-0.3, -0.25) is 0 Å². The van der Waals surface area contributed by atoms with Gasteiger partial charge in [0.1, 0.15) is 11.0 Å². The van der Waals surface area contributed by atoms with E-state index in [-0.39, 0.29) is 0 Å². The first kappa shape index (κ1) is 7.73. The first-order valence-electron chi connectivity index (χ1n) is 3.80. The third-order valence-electron chi connectivity index (χ3n) is 1.85. The summed E-state index contributed by atoms with van der Waals surface area (Å²) in [6.45, 7) is 2.11. The maximum absolute atomic E-state index is 4.07. The van der Waals surface area contributed by atoms with Crippen LogP contribution in [0, 0.1) is 0 Å². The summed E-state index contributed by atoms with van der Waals surface area (Å²) in [6, 6.07) is 4.03. The van der Waals surface area contributed by atoms with E-state index in [1.807, 2.05) is 6.07 Å². The number of hydrogen-bond acceptors (Lipinski definition) is 2. The van der Waals surface area contributed by atoms with E-state index in [0.717, 1.165) is 21.9 Å². The molecule has 1 heterocycles. The Kier molecular flexibility index (Phi) is 1.84. The van der Waals surface area contributed by atoms with E-state index in [4.69, 9.17) is 0 Å². The molecule has 1 N–H and O–H groups in total. The van der Waals surface area contributed by atoms with Crippen molar-refractivity contribution in [2.75, 3.05) is 0 Å².